The Labute approximate surface area is 193 Å². The largest absolute Gasteiger partial charge is 0.481 e. The predicted octanol–water partition coefficient (Wildman–Crippen LogP) is 3.79. The number of piperidine rings is 1. The third kappa shape index (κ3) is 4.77. The van der Waals surface area contributed by atoms with Crippen LogP contribution in [0.1, 0.15) is 36.8 Å². The number of carboxylic acids is 1. The molecule has 0 bridgehead atoms. The number of nitrogens with zero attached hydrogens (tertiary/aromatic N) is 1. The Bertz CT molecular complexity index is 1030. The highest BCUT2D eigenvalue weighted by Crippen LogP contribution is 2.44. The summed E-state index contributed by atoms with van der Waals surface area (Å²) in [7, 11) is 0. The average Bonchev–Trinajstić information content (AvgIpc) is 3.14. The number of carbonyl (C=O) groups excluding carboxylic acids is 2. The lowest BCUT2D eigenvalue weighted by molar-refractivity contribution is -0.147. The number of hydrogen-bond acceptors (Lipinski definition) is 4. The standard InChI is InChI=1S/C26H28N2O5/c1-17-18(25(30)31)12-7-15-28(17)24(29)13-6-14-27-26(32)33-16-23-21-10-4-2-8-19(21)20-9-3-5-11-22(20)23/h2-6,8-11,13,17-18,23H,7,12,14-16H2,1H3,(H,27,32)(H,30,31)/b13-6+/t17-,18-/m1/s1. The Hall–Kier alpha value is -3.61. The Morgan fingerprint density at radius 1 is 1.09 bits per heavy atom. The van der Waals surface area contributed by atoms with Gasteiger partial charge in [0.2, 0.25) is 5.91 Å². The maximum atomic E-state index is 12.5. The average molecular weight is 449 g/mol. The first-order chi connectivity index (χ1) is 16.0. The van der Waals surface area contributed by atoms with Crippen molar-refractivity contribution < 1.29 is 24.2 Å². The first-order valence-corrected chi connectivity index (χ1v) is 11.3. The van der Waals surface area contributed by atoms with Gasteiger partial charge in [-0.3, -0.25) is 9.59 Å². The fourth-order valence-corrected chi connectivity index (χ4v) is 4.83. The van der Waals surface area contributed by atoms with Gasteiger partial charge in [0.15, 0.2) is 0 Å². The molecule has 1 aliphatic carbocycles. The lowest BCUT2D eigenvalue weighted by atomic mass is 9.90. The van der Waals surface area contributed by atoms with E-state index in [0.29, 0.717) is 19.4 Å². The maximum Gasteiger partial charge on any atom is 0.407 e. The molecule has 0 spiro atoms. The second kappa shape index (κ2) is 9.90. The lowest BCUT2D eigenvalue weighted by Gasteiger charge is -2.36. The predicted molar refractivity (Wildman–Crippen MR) is 124 cm³/mol. The fraction of sp³-hybridized carbons (Fsp3) is 0.346. The molecule has 2 aliphatic rings. The van der Waals surface area contributed by atoms with E-state index in [4.69, 9.17) is 4.74 Å². The van der Waals surface area contributed by atoms with Crippen molar-refractivity contribution in [1.82, 2.24) is 10.2 Å². The van der Waals surface area contributed by atoms with Crippen molar-refractivity contribution in [3.05, 3.63) is 71.8 Å². The number of carboxylic acid groups (broad SMARTS) is 1. The number of rotatable bonds is 6. The first-order valence-electron chi connectivity index (χ1n) is 11.3. The molecule has 2 aromatic carbocycles. The van der Waals surface area contributed by atoms with Crippen LogP contribution in [0.3, 0.4) is 0 Å². The van der Waals surface area contributed by atoms with Gasteiger partial charge in [0, 0.05) is 31.1 Å². The van der Waals surface area contributed by atoms with Gasteiger partial charge in [-0.15, -0.1) is 0 Å². The molecule has 2 aromatic rings. The Morgan fingerprint density at radius 3 is 2.36 bits per heavy atom. The van der Waals surface area contributed by atoms with E-state index >= 15 is 0 Å². The molecule has 172 valence electrons. The minimum Gasteiger partial charge on any atom is -0.481 e. The van der Waals surface area contributed by atoms with E-state index in [0.717, 1.165) is 11.1 Å². The number of benzene rings is 2. The van der Waals surface area contributed by atoms with Gasteiger partial charge in [0.25, 0.3) is 0 Å². The molecular formula is C26H28N2O5. The van der Waals surface area contributed by atoms with Crippen molar-refractivity contribution in [3.63, 3.8) is 0 Å². The van der Waals surface area contributed by atoms with Gasteiger partial charge in [-0.2, -0.15) is 0 Å². The molecular weight excluding hydrogens is 420 g/mol. The quantitative estimate of drug-likeness (QED) is 0.656. The van der Waals surface area contributed by atoms with Crippen LogP contribution in [-0.2, 0) is 14.3 Å². The smallest absolute Gasteiger partial charge is 0.407 e. The molecule has 33 heavy (non-hydrogen) atoms. The van der Waals surface area contributed by atoms with Gasteiger partial charge < -0.3 is 20.1 Å². The number of hydrogen-bond donors (Lipinski definition) is 2. The molecule has 0 aromatic heterocycles. The van der Waals surface area contributed by atoms with Crippen LogP contribution in [0, 0.1) is 5.92 Å². The number of alkyl carbamates (subject to hydrolysis) is 1. The molecule has 0 radical (unpaired) electrons. The molecule has 1 fully saturated rings. The number of aliphatic carboxylic acids is 1. The van der Waals surface area contributed by atoms with E-state index in [1.165, 1.54) is 17.2 Å². The molecule has 2 amide bonds. The highest BCUT2D eigenvalue weighted by molar-refractivity contribution is 5.88. The molecule has 2 atom stereocenters. The van der Waals surface area contributed by atoms with Crippen molar-refractivity contribution in [2.45, 2.75) is 31.7 Å². The van der Waals surface area contributed by atoms with E-state index in [2.05, 4.69) is 29.6 Å². The van der Waals surface area contributed by atoms with Crippen LogP contribution in [-0.4, -0.2) is 53.7 Å². The number of fused-ring (bicyclic) bond motifs is 3. The lowest BCUT2D eigenvalue weighted by Crippen LogP contribution is -2.48. The van der Waals surface area contributed by atoms with Gasteiger partial charge in [-0.25, -0.2) is 4.79 Å². The summed E-state index contributed by atoms with van der Waals surface area (Å²) in [4.78, 5) is 37.6. The maximum absolute atomic E-state index is 12.5. The first kappa shape index (κ1) is 22.6. The molecule has 0 unspecified atom stereocenters. The van der Waals surface area contributed by atoms with Gasteiger partial charge in [-0.05, 0) is 42.0 Å². The summed E-state index contributed by atoms with van der Waals surface area (Å²) in [5, 5.41) is 11.9. The van der Waals surface area contributed by atoms with E-state index in [-0.39, 0.29) is 31.0 Å². The zero-order valence-corrected chi connectivity index (χ0v) is 18.6. The van der Waals surface area contributed by atoms with Crippen molar-refractivity contribution in [3.8, 4) is 11.1 Å². The topological polar surface area (TPSA) is 95.9 Å². The number of carbonyl (C=O) groups is 3. The van der Waals surface area contributed by atoms with E-state index in [9.17, 15) is 19.5 Å². The third-order valence-electron chi connectivity index (χ3n) is 6.56. The third-order valence-corrected chi connectivity index (χ3v) is 6.56. The van der Waals surface area contributed by atoms with Crippen LogP contribution in [0.15, 0.2) is 60.7 Å². The highest BCUT2D eigenvalue weighted by atomic mass is 16.5. The van der Waals surface area contributed by atoms with E-state index < -0.39 is 18.0 Å². The summed E-state index contributed by atoms with van der Waals surface area (Å²) >= 11 is 0. The minimum atomic E-state index is -0.874. The minimum absolute atomic E-state index is 0.0111. The zero-order valence-electron chi connectivity index (χ0n) is 18.6. The fourth-order valence-electron chi connectivity index (χ4n) is 4.83. The number of likely N-dealkylation sites (tertiary alicyclic amines) is 1. The van der Waals surface area contributed by atoms with Crippen LogP contribution in [0.25, 0.3) is 11.1 Å². The number of ether oxygens (including phenoxy) is 1. The van der Waals surface area contributed by atoms with Gasteiger partial charge in [0.05, 0.1) is 5.92 Å². The van der Waals surface area contributed by atoms with Crippen LogP contribution >= 0.6 is 0 Å². The molecule has 4 rings (SSSR count). The van der Waals surface area contributed by atoms with Crippen molar-refractivity contribution >= 4 is 18.0 Å². The number of nitrogens with one attached hydrogen (secondary N) is 1. The molecule has 0 saturated carbocycles. The monoisotopic (exact) mass is 448 g/mol. The molecule has 7 nitrogen and oxygen atoms in total. The number of amides is 2. The van der Waals surface area contributed by atoms with Crippen molar-refractivity contribution in [2.24, 2.45) is 5.92 Å². The zero-order chi connectivity index (χ0) is 23.4. The molecule has 1 aliphatic heterocycles. The molecule has 2 N–H and O–H groups in total. The van der Waals surface area contributed by atoms with Gasteiger partial charge >= 0.3 is 12.1 Å². The second-order valence-corrected chi connectivity index (χ2v) is 8.47. The molecule has 7 heteroatoms. The Balaban J connectivity index is 1.27. The van der Waals surface area contributed by atoms with Crippen LogP contribution in [0.5, 0.6) is 0 Å². The van der Waals surface area contributed by atoms with E-state index in [1.807, 2.05) is 24.3 Å². The van der Waals surface area contributed by atoms with Crippen LogP contribution < -0.4 is 5.32 Å². The normalized spacial score (nSPS) is 19.7. The Morgan fingerprint density at radius 2 is 1.73 bits per heavy atom. The summed E-state index contributed by atoms with van der Waals surface area (Å²) in [6, 6.07) is 15.9. The van der Waals surface area contributed by atoms with Crippen LogP contribution in [0.4, 0.5) is 4.79 Å². The summed E-state index contributed by atoms with van der Waals surface area (Å²) < 4.78 is 5.48. The van der Waals surface area contributed by atoms with Crippen molar-refractivity contribution in [1.29, 1.82) is 0 Å². The molecule has 1 heterocycles. The second-order valence-electron chi connectivity index (χ2n) is 8.47. The summed E-state index contributed by atoms with van der Waals surface area (Å²) in [5.41, 5.74) is 4.63. The SMILES string of the molecule is C[C@@H]1[C@H](C(=O)O)CCCN1C(=O)/C=C/CNC(=O)OCC1c2ccccc2-c2ccccc21. The summed E-state index contributed by atoms with van der Waals surface area (Å²) in [6.45, 7) is 2.67. The summed E-state index contributed by atoms with van der Waals surface area (Å²) in [5.74, 6) is -1.68. The highest BCUT2D eigenvalue weighted by Gasteiger charge is 2.34. The van der Waals surface area contributed by atoms with E-state index in [1.54, 1.807) is 17.9 Å². The van der Waals surface area contributed by atoms with Gasteiger partial charge in [-0.1, -0.05) is 54.6 Å². The Kier molecular flexibility index (Phi) is 6.77. The molecule has 1 saturated heterocycles. The van der Waals surface area contributed by atoms with Gasteiger partial charge in [0.1, 0.15) is 6.61 Å². The van der Waals surface area contributed by atoms with Crippen LogP contribution in [0.2, 0.25) is 0 Å². The summed E-state index contributed by atoms with van der Waals surface area (Å²) in [6.07, 6.45) is 3.63. The van der Waals surface area contributed by atoms with Crippen molar-refractivity contribution in [2.75, 3.05) is 19.7 Å².